The highest BCUT2D eigenvalue weighted by molar-refractivity contribution is 6.10. The number of hydrogen-bond acceptors (Lipinski definition) is 5. The van der Waals surface area contributed by atoms with Gasteiger partial charge in [-0.15, -0.1) is 0 Å². The molecule has 7 heteroatoms. The van der Waals surface area contributed by atoms with E-state index in [4.69, 9.17) is 9.47 Å². The van der Waals surface area contributed by atoms with Gasteiger partial charge < -0.3 is 19.5 Å². The smallest absolute Gasteiger partial charge is 0.258 e. The van der Waals surface area contributed by atoms with E-state index in [9.17, 15) is 14.7 Å². The van der Waals surface area contributed by atoms with Gasteiger partial charge in [0.15, 0.2) is 11.5 Å². The molecule has 0 radical (unpaired) electrons. The normalized spacial score (nSPS) is 10.5. The molecule has 3 aromatic carbocycles. The largest absolute Gasteiger partial charge is 0.508 e. The van der Waals surface area contributed by atoms with Crippen LogP contribution >= 0.6 is 0 Å². The molecular weight excluding hydrogens is 444 g/mol. The summed E-state index contributed by atoms with van der Waals surface area (Å²) in [5.41, 5.74) is 1.66. The van der Waals surface area contributed by atoms with E-state index in [2.05, 4.69) is 6.92 Å². The summed E-state index contributed by atoms with van der Waals surface area (Å²) in [7, 11) is 3.07. The van der Waals surface area contributed by atoms with Gasteiger partial charge >= 0.3 is 0 Å². The molecule has 184 valence electrons. The second-order valence-electron chi connectivity index (χ2n) is 8.07. The van der Waals surface area contributed by atoms with Crippen LogP contribution in [-0.2, 0) is 4.79 Å². The summed E-state index contributed by atoms with van der Waals surface area (Å²) >= 11 is 0. The van der Waals surface area contributed by atoms with Crippen molar-refractivity contribution in [3.8, 4) is 17.2 Å². The van der Waals surface area contributed by atoms with Gasteiger partial charge in [-0.1, -0.05) is 38.0 Å². The summed E-state index contributed by atoms with van der Waals surface area (Å²) in [6, 6.07) is 20.5. The molecule has 0 heterocycles. The van der Waals surface area contributed by atoms with Crippen LogP contribution in [0.1, 0.15) is 36.5 Å². The molecule has 0 aliphatic carbocycles. The van der Waals surface area contributed by atoms with Crippen molar-refractivity contribution >= 4 is 23.2 Å². The summed E-state index contributed by atoms with van der Waals surface area (Å²) in [5.74, 6) is 0.582. The Balaban J connectivity index is 1.97. The van der Waals surface area contributed by atoms with Crippen LogP contribution in [0.25, 0.3) is 0 Å². The van der Waals surface area contributed by atoms with Crippen molar-refractivity contribution in [1.29, 1.82) is 0 Å². The number of anilines is 2. The lowest BCUT2D eigenvalue weighted by Crippen LogP contribution is -2.43. The molecular formula is C28H32N2O5. The Kier molecular flexibility index (Phi) is 9.12. The van der Waals surface area contributed by atoms with Crippen LogP contribution in [0, 0.1) is 0 Å². The molecule has 0 atom stereocenters. The quantitative estimate of drug-likeness (QED) is 0.381. The molecule has 3 aromatic rings. The Labute approximate surface area is 206 Å². The lowest BCUT2D eigenvalue weighted by molar-refractivity contribution is -0.117. The SMILES string of the molecule is CCCCCN(C(=O)CN(C(=O)c1ccccc1)c1ccc(OC)c(OC)c1)c1ccc(O)cc1. The number of benzene rings is 3. The van der Waals surface area contributed by atoms with Gasteiger partial charge in [0.25, 0.3) is 5.91 Å². The first-order chi connectivity index (χ1) is 17.0. The minimum Gasteiger partial charge on any atom is -0.508 e. The second-order valence-corrected chi connectivity index (χ2v) is 8.07. The lowest BCUT2D eigenvalue weighted by atomic mass is 10.1. The average Bonchev–Trinajstić information content (AvgIpc) is 2.90. The van der Waals surface area contributed by atoms with Crippen LogP contribution in [0.2, 0.25) is 0 Å². The van der Waals surface area contributed by atoms with Gasteiger partial charge in [-0.3, -0.25) is 14.5 Å². The molecule has 0 aliphatic heterocycles. The molecule has 0 aromatic heterocycles. The number of methoxy groups -OCH3 is 2. The molecule has 35 heavy (non-hydrogen) atoms. The maximum Gasteiger partial charge on any atom is 0.258 e. The molecule has 0 bridgehead atoms. The number of nitrogens with zero attached hydrogens (tertiary/aromatic N) is 2. The van der Waals surface area contributed by atoms with Crippen molar-refractivity contribution in [1.82, 2.24) is 0 Å². The monoisotopic (exact) mass is 476 g/mol. The van der Waals surface area contributed by atoms with Crippen molar-refractivity contribution in [2.75, 3.05) is 37.1 Å². The highest BCUT2D eigenvalue weighted by atomic mass is 16.5. The summed E-state index contributed by atoms with van der Waals surface area (Å²) in [5, 5.41) is 9.70. The number of amides is 2. The minimum absolute atomic E-state index is 0.126. The molecule has 0 aliphatic rings. The number of unbranched alkanes of at least 4 members (excludes halogenated alkanes) is 2. The molecule has 0 unspecified atom stereocenters. The summed E-state index contributed by atoms with van der Waals surface area (Å²) in [4.78, 5) is 30.3. The standard InChI is InChI=1S/C28H32N2O5/c1-4-5-9-18-29(22-12-15-24(31)16-13-22)27(32)20-30(28(33)21-10-7-6-8-11-21)23-14-17-25(34-2)26(19-23)35-3/h6-8,10-17,19,31H,4-5,9,18,20H2,1-3H3. The Hall–Kier alpha value is -4.00. The van der Waals surface area contributed by atoms with E-state index in [1.807, 2.05) is 6.07 Å². The number of phenolic OH excluding ortho intramolecular Hbond substituents is 1. The fraction of sp³-hybridized carbons (Fsp3) is 0.286. The van der Waals surface area contributed by atoms with E-state index in [-0.39, 0.29) is 24.1 Å². The second kappa shape index (κ2) is 12.5. The van der Waals surface area contributed by atoms with E-state index < -0.39 is 0 Å². The topological polar surface area (TPSA) is 79.3 Å². The van der Waals surface area contributed by atoms with Gasteiger partial charge in [-0.05, 0) is 55.0 Å². The van der Waals surface area contributed by atoms with Crippen LogP contribution in [0.4, 0.5) is 11.4 Å². The Morgan fingerprint density at radius 1 is 0.800 bits per heavy atom. The van der Waals surface area contributed by atoms with Crippen LogP contribution < -0.4 is 19.3 Å². The number of carbonyl (C=O) groups is 2. The Morgan fingerprint density at radius 2 is 1.46 bits per heavy atom. The zero-order chi connectivity index (χ0) is 25.2. The van der Waals surface area contributed by atoms with Gasteiger partial charge in [-0.2, -0.15) is 0 Å². The van der Waals surface area contributed by atoms with Gasteiger partial charge in [0.2, 0.25) is 5.91 Å². The Morgan fingerprint density at radius 3 is 2.09 bits per heavy atom. The van der Waals surface area contributed by atoms with E-state index in [1.165, 1.54) is 12.0 Å². The third-order valence-electron chi connectivity index (χ3n) is 5.69. The molecule has 0 spiro atoms. The summed E-state index contributed by atoms with van der Waals surface area (Å²) in [6.07, 6.45) is 2.82. The first-order valence-corrected chi connectivity index (χ1v) is 11.7. The fourth-order valence-corrected chi connectivity index (χ4v) is 3.78. The van der Waals surface area contributed by atoms with Crippen molar-refractivity contribution in [2.45, 2.75) is 26.2 Å². The fourth-order valence-electron chi connectivity index (χ4n) is 3.78. The van der Waals surface area contributed by atoms with Crippen molar-refractivity contribution in [2.24, 2.45) is 0 Å². The van der Waals surface area contributed by atoms with E-state index in [0.29, 0.717) is 35.0 Å². The molecule has 0 fully saturated rings. The first-order valence-electron chi connectivity index (χ1n) is 11.7. The van der Waals surface area contributed by atoms with Gasteiger partial charge in [0.05, 0.1) is 14.2 Å². The van der Waals surface area contributed by atoms with Crippen LogP contribution in [0.5, 0.6) is 17.2 Å². The van der Waals surface area contributed by atoms with Crippen molar-refractivity contribution < 1.29 is 24.2 Å². The van der Waals surface area contributed by atoms with Gasteiger partial charge in [0.1, 0.15) is 12.3 Å². The summed E-state index contributed by atoms with van der Waals surface area (Å²) < 4.78 is 10.8. The van der Waals surface area contributed by atoms with Crippen molar-refractivity contribution in [3.05, 3.63) is 78.4 Å². The predicted molar refractivity (Wildman–Crippen MR) is 138 cm³/mol. The zero-order valence-corrected chi connectivity index (χ0v) is 20.4. The number of aromatic hydroxyl groups is 1. The molecule has 2 amide bonds. The first kappa shape index (κ1) is 25.6. The molecule has 7 nitrogen and oxygen atoms in total. The molecule has 1 N–H and O–H groups in total. The third kappa shape index (κ3) is 6.53. The number of hydrogen-bond donors (Lipinski definition) is 1. The lowest BCUT2D eigenvalue weighted by Gasteiger charge is -2.28. The third-order valence-corrected chi connectivity index (χ3v) is 5.69. The zero-order valence-electron chi connectivity index (χ0n) is 20.4. The van der Waals surface area contributed by atoms with Crippen LogP contribution in [0.15, 0.2) is 72.8 Å². The summed E-state index contributed by atoms with van der Waals surface area (Å²) in [6.45, 7) is 2.44. The number of rotatable bonds is 11. The van der Waals surface area contributed by atoms with E-state index in [1.54, 1.807) is 78.7 Å². The van der Waals surface area contributed by atoms with Gasteiger partial charge in [-0.25, -0.2) is 0 Å². The molecule has 0 saturated carbocycles. The molecule has 0 saturated heterocycles. The number of phenols is 1. The maximum absolute atomic E-state index is 13.6. The predicted octanol–water partition coefficient (Wildman–Crippen LogP) is 5.28. The highest BCUT2D eigenvalue weighted by Crippen LogP contribution is 2.32. The number of carbonyl (C=O) groups excluding carboxylic acids is 2. The average molecular weight is 477 g/mol. The minimum atomic E-state index is -0.301. The maximum atomic E-state index is 13.6. The highest BCUT2D eigenvalue weighted by Gasteiger charge is 2.25. The van der Waals surface area contributed by atoms with Crippen molar-refractivity contribution in [3.63, 3.8) is 0 Å². The molecule has 3 rings (SSSR count). The van der Waals surface area contributed by atoms with Crippen LogP contribution in [-0.4, -0.2) is 44.2 Å². The van der Waals surface area contributed by atoms with E-state index in [0.717, 1.165) is 19.3 Å². The van der Waals surface area contributed by atoms with E-state index >= 15 is 0 Å². The number of ether oxygens (including phenoxy) is 2. The van der Waals surface area contributed by atoms with Gasteiger partial charge in [0, 0.05) is 29.5 Å². The van der Waals surface area contributed by atoms with Crippen LogP contribution in [0.3, 0.4) is 0 Å². The Bertz CT molecular complexity index is 1120.